The molecule has 1 aliphatic carbocycles. The van der Waals surface area contributed by atoms with Crippen LogP contribution >= 0.6 is 0 Å². The van der Waals surface area contributed by atoms with Crippen LogP contribution in [-0.4, -0.2) is 84.3 Å². The maximum Gasteiger partial charge on any atom is 0.410 e. The molecule has 1 aliphatic rings. The van der Waals surface area contributed by atoms with Crippen LogP contribution in [0.2, 0.25) is 0 Å². The predicted molar refractivity (Wildman–Crippen MR) is 205 cm³/mol. The molecule has 0 saturated heterocycles. The summed E-state index contributed by atoms with van der Waals surface area (Å²) in [5.41, 5.74) is 10.4. The minimum atomic E-state index is -1.14. The molecule has 55 heavy (non-hydrogen) atoms. The smallest absolute Gasteiger partial charge is 0.410 e. The highest BCUT2D eigenvalue weighted by Gasteiger charge is 2.33. The minimum Gasteiger partial charge on any atom is -0.480 e. The maximum atomic E-state index is 13.6. The molecule has 0 aromatic heterocycles. The van der Waals surface area contributed by atoms with Gasteiger partial charge in [0.1, 0.15) is 31.3 Å². The van der Waals surface area contributed by atoms with Gasteiger partial charge in [0, 0.05) is 25.2 Å². The molecule has 6 amide bonds. The van der Waals surface area contributed by atoms with E-state index in [1.165, 1.54) is 7.05 Å². The fraction of sp³-hybridized carbons (Fsp3) is 0.400. The molecule has 0 saturated carbocycles. The number of carboxylic acids is 1. The van der Waals surface area contributed by atoms with E-state index in [0.29, 0.717) is 17.7 Å². The van der Waals surface area contributed by atoms with E-state index in [-0.39, 0.29) is 43.9 Å². The van der Waals surface area contributed by atoms with Gasteiger partial charge in [0.05, 0.1) is 0 Å². The number of nitrogens with zero attached hydrogens (tertiary/aromatic N) is 1. The number of anilines is 1. The van der Waals surface area contributed by atoms with Crippen molar-refractivity contribution in [2.24, 2.45) is 17.6 Å². The molecular formula is C40H50N6O9. The molecule has 4 rings (SSSR count). The lowest BCUT2D eigenvalue weighted by atomic mass is 9.98. The van der Waals surface area contributed by atoms with E-state index in [1.54, 1.807) is 52.0 Å². The number of amides is 6. The number of alkyl carbamates (subject to hydrolysis) is 1. The predicted octanol–water partition coefficient (Wildman–Crippen LogP) is 4.80. The molecule has 294 valence electrons. The Balaban J connectivity index is 1.37. The van der Waals surface area contributed by atoms with Crippen LogP contribution in [0, 0.1) is 11.8 Å². The van der Waals surface area contributed by atoms with Crippen LogP contribution in [0.3, 0.4) is 0 Å². The van der Waals surface area contributed by atoms with Gasteiger partial charge in [0.25, 0.3) is 0 Å². The van der Waals surface area contributed by atoms with E-state index < -0.39 is 54.1 Å². The zero-order chi connectivity index (χ0) is 40.2. The molecule has 0 bridgehead atoms. The van der Waals surface area contributed by atoms with Crippen LogP contribution in [0.15, 0.2) is 72.8 Å². The highest BCUT2D eigenvalue weighted by Crippen LogP contribution is 2.44. The Bertz CT molecular complexity index is 1800. The quantitative estimate of drug-likeness (QED) is 0.104. The first kappa shape index (κ1) is 41.6. The zero-order valence-corrected chi connectivity index (χ0v) is 31.7. The first-order chi connectivity index (χ1) is 26.2. The number of carbonyl (C=O) groups is 6. The number of fused-ring (bicyclic) bond motifs is 3. The maximum absolute atomic E-state index is 13.6. The molecule has 0 aliphatic heterocycles. The van der Waals surface area contributed by atoms with Crippen LogP contribution in [0.4, 0.5) is 20.1 Å². The number of hydrogen-bond donors (Lipinski definition) is 6. The molecule has 15 heteroatoms. The summed E-state index contributed by atoms with van der Waals surface area (Å²) in [4.78, 5) is 76.6. The number of primary amides is 1. The standard InChI is InChI=1S/C40H50N6O9/c1-23(2)33(45-39(52)54-22-31-29-13-8-6-11-27(29)28-12-7-9-14-30(28)31)36(48)44-32(15-10-20-42-38(41)51)35(47)43-26-18-16-25(17-19-26)21-55-40(53)46(5)34(24(3)4)37(49)50/h6-9,11-14,16-19,23-24,31-34H,10,15,20-22H2,1-5H3,(H,43,47)(H,44,48)(H,45,52)(H,49,50)(H3,41,42,51)/t32-,33-,34+/m0/s1. The number of nitrogens with two attached hydrogens (primary N) is 1. The Labute approximate surface area is 320 Å². The number of likely N-dealkylation sites (N-methyl/N-ethyl adjacent to an activating group) is 1. The van der Waals surface area contributed by atoms with Gasteiger partial charge in [-0.05, 0) is 64.6 Å². The Morgan fingerprint density at radius 1 is 0.800 bits per heavy atom. The van der Waals surface area contributed by atoms with Crippen LogP contribution in [0.25, 0.3) is 11.1 Å². The van der Waals surface area contributed by atoms with E-state index >= 15 is 0 Å². The summed E-state index contributed by atoms with van der Waals surface area (Å²) in [7, 11) is 1.36. The first-order valence-corrected chi connectivity index (χ1v) is 18.1. The first-order valence-electron chi connectivity index (χ1n) is 18.1. The summed E-state index contributed by atoms with van der Waals surface area (Å²) in [5.74, 6) is -3.16. The van der Waals surface area contributed by atoms with Gasteiger partial charge >= 0.3 is 24.2 Å². The monoisotopic (exact) mass is 758 g/mol. The number of urea groups is 1. The average Bonchev–Trinajstić information content (AvgIpc) is 3.46. The summed E-state index contributed by atoms with van der Waals surface area (Å²) in [6, 6.07) is 18.4. The van der Waals surface area contributed by atoms with Gasteiger partial charge in [-0.25, -0.2) is 19.2 Å². The SMILES string of the molecule is CC(C)[C@H](NC(=O)OCC1c2ccccc2-c2ccccc21)C(=O)N[C@@H](CCCNC(N)=O)C(=O)Nc1ccc(COC(=O)N(C)[C@@H](C(=O)O)C(C)C)cc1. The van der Waals surface area contributed by atoms with Gasteiger partial charge < -0.3 is 41.6 Å². The summed E-state index contributed by atoms with van der Waals surface area (Å²) in [6.45, 7) is 6.98. The van der Waals surface area contributed by atoms with Crippen LogP contribution < -0.4 is 27.0 Å². The molecule has 0 fully saturated rings. The third kappa shape index (κ3) is 11.2. The second-order valence-electron chi connectivity index (χ2n) is 14.1. The second-order valence-corrected chi connectivity index (χ2v) is 14.1. The number of ether oxygens (including phenoxy) is 2. The van der Waals surface area contributed by atoms with Gasteiger partial charge in [-0.3, -0.25) is 14.5 Å². The average molecular weight is 759 g/mol. The Morgan fingerprint density at radius 2 is 1.40 bits per heavy atom. The number of benzene rings is 3. The number of hydrogen-bond acceptors (Lipinski definition) is 8. The zero-order valence-electron chi connectivity index (χ0n) is 31.7. The lowest BCUT2D eigenvalue weighted by Crippen LogP contribution is -2.54. The lowest BCUT2D eigenvalue weighted by Gasteiger charge is -2.26. The number of carboxylic acid groups (broad SMARTS) is 1. The van der Waals surface area contributed by atoms with Crippen molar-refractivity contribution in [3.05, 3.63) is 89.5 Å². The van der Waals surface area contributed by atoms with Crippen LogP contribution in [0.5, 0.6) is 0 Å². The summed E-state index contributed by atoms with van der Waals surface area (Å²) >= 11 is 0. The summed E-state index contributed by atoms with van der Waals surface area (Å²) in [6.07, 6.45) is -1.15. The molecule has 3 aromatic carbocycles. The number of nitrogens with one attached hydrogen (secondary N) is 4. The number of aliphatic carboxylic acids is 1. The van der Waals surface area contributed by atoms with E-state index in [4.69, 9.17) is 15.2 Å². The van der Waals surface area contributed by atoms with Crippen LogP contribution in [0.1, 0.15) is 63.1 Å². The van der Waals surface area contributed by atoms with E-state index in [9.17, 15) is 33.9 Å². The molecule has 3 atom stereocenters. The van der Waals surface area contributed by atoms with E-state index in [0.717, 1.165) is 27.2 Å². The van der Waals surface area contributed by atoms with Crippen molar-refractivity contribution in [2.75, 3.05) is 25.5 Å². The second kappa shape index (κ2) is 19.3. The van der Waals surface area contributed by atoms with Crippen LogP contribution in [-0.2, 0) is 30.5 Å². The van der Waals surface area contributed by atoms with Crippen molar-refractivity contribution in [1.82, 2.24) is 20.9 Å². The van der Waals surface area contributed by atoms with E-state index in [1.807, 2.05) is 48.5 Å². The van der Waals surface area contributed by atoms with Gasteiger partial charge in [0.2, 0.25) is 11.8 Å². The third-order valence-electron chi connectivity index (χ3n) is 9.34. The fourth-order valence-corrected chi connectivity index (χ4v) is 6.52. The summed E-state index contributed by atoms with van der Waals surface area (Å²) < 4.78 is 11.0. The Kier molecular flexibility index (Phi) is 14.6. The van der Waals surface area contributed by atoms with Crippen molar-refractivity contribution < 1.29 is 43.3 Å². The normalized spacial score (nSPS) is 13.4. The minimum absolute atomic E-state index is 0.0613. The molecule has 0 spiro atoms. The molecule has 0 heterocycles. The fourth-order valence-electron chi connectivity index (χ4n) is 6.52. The molecule has 0 unspecified atom stereocenters. The van der Waals surface area contributed by atoms with Crippen molar-refractivity contribution >= 4 is 41.7 Å². The number of carbonyl (C=O) groups excluding carboxylic acids is 5. The molecule has 3 aromatic rings. The third-order valence-corrected chi connectivity index (χ3v) is 9.34. The topological polar surface area (TPSA) is 218 Å². The van der Waals surface area contributed by atoms with Gasteiger partial charge in [0.15, 0.2) is 0 Å². The van der Waals surface area contributed by atoms with E-state index in [2.05, 4.69) is 21.3 Å². The van der Waals surface area contributed by atoms with Crippen molar-refractivity contribution in [1.29, 1.82) is 0 Å². The highest BCUT2D eigenvalue weighted by molar-refractivity contribution is 5.98. The van der Waals surface area contributed by atoms with Crippen molar-refractivity contribution in [3.63, 3.8) is 0 Å². The van der Waals surface area contributed by atoms with Gasteiger partial charge in [-0.15, -0.1) is 0 Å². The highest BCUT2D eigenvalue weighted by atomic mass is 16.6. The number of rotatable bonds is 17. The summed E-state index contributed by atoms with van der Waals surface area (Å²) in [5, 5.41) is 20.1. The van der Waals surface area contributed by atoms with Crippen molar-refractivity contribution in [2.45, 2.75) is 71.2 Å². The molecular weight excluding hydrogens is 708 g/mol. The lowest BCUT2D eigenvalue weighted by molar-refractivity contribution is -0.143. The Hall–Kier alpha value is -6.12. The van der Waals surface area contributed by atoms with Crippen molar-refractivity contribution in [3.8, 4) is 11.1 Å². The van der Waals surface area contributed by atoms with Gasteiger partial charge in [-0.1, -0.05) is 88.4 Å². The largest absolute Gasteiger partial charge is 0.480 e. The van der Waals surface area contributed by atoms with Gasteiger partial charge in [-0.2, -0.15) is 0 Å². The molecule has 0 radical (unpaired) electrons. The molecule has 15 nitrogen and oxygen atoms in total. The Morgan fingerprint density at radius 3 is 1.95 bits per heavy atom. The molecule has 7 N–H and O–H groups in total.